The van der Waals surface area contributed by atoms with Gasteiger partial charge in [-0.3, -0.25) is 9.59 Å². The van der Waals surface area contributed by atoms with E-state index in [1.54, 1.807) is 0 Å². The van der Waals surface area contributed by atoms with E-state index in [1.165, 1.54) is 0 Å². The number of aromatic amines is 2. The van der Waals surface area contributed by atoms with Gasteiger partial charge < -0.3 is 15.3 Å². The fraction of sp³-hybridized carbons (Fsp3) is 0.467. The number of nitrogens with one attached hydrogen (secondary N) is 3. The summed E-state index contributed by atoms with van der Waals surface area (Å²) in [5, 5.41) is 3.34. The van der Waals surface area contributed by atoms with Crippen LogP contribution in [0.2, 0.25) is 0 Å². The highest BCUT2D eigenvalue weighted by molar-refractivity contribution is 5.74. The van der Waals surface area contributed by atoms with Crippen molar-refractivity contribution in [1.82, 2.24) is 15.3 Å². The van der Waals surface area contributed by atoms with Gasteiger partial charge in [0, 0.05) is 6.04 Å². The standard InChI is InChI=1S/C15H21N3O2/c1-5-15(2,3)12(16-4)9-6-7-10-11(8-9)18-14(20)13(19)17-10/h6-8,12,16H,5H2,1-4H3,(H,17,19)(H,18,20). The van der Waals surface area contributed by atoms with Crippen LogP contribution in [0.1, 0.15) is 38.8 Å². The molecule has 5 heteroatoms. The molecule has 5 nitrogen and oxygen atoms in total. The molecule has 0 aliphatic carbocycles. The molecule has 0 fully saturated rings. The zero-order valence-corrected chi connectivity index (χ0v) is 12.3. The molecule has 2 rings (SSSR count). The fourth-order valence-corrected chi connectivity index (χ4v) is 2.52. The van der Waals surface area contributed by atoms with Crippen molar-refractivity contribution in [3.05, 3.63) is 44.5 Å². The summed E-state index contributed by atoms with van der Waals surface area (Å²) in [5.41, 5.74) is 1.23. The molecule has 0 aliphatic rings. The first-order chi connectivity index (χ1) is 9.39. The van der Waals surface area contributed by atoms with Crippen LogP contribution in [0.3, 0.4) is 0 Å². The minimum atomic E-state index is -0.621. The summed E-state index contributed by atoms with van der Waals surface area (Å²) in [6.07, 6.45) is 1.03. The highest BCUT2D eigenvalue weighted by atomic mass is 16.2. The Morgan fingerprint density at radius 1 is 1.15 bits per heavy atom. The van der Waals surface area contributed by atoms with Crippen LogP contribution in [-0.2, 0) is 0 Å². The lowest BCUT2D eigenvalue weighted by molar-refractivity contribution is 0.245. The van der Waals surface area contributed by atoms with Gasteiger partial charge in [0.15, 0.2) is 0 Å². The number of H-pyrrole nitrogens is 2. The predicted molar refractivity (Wildman–Crippen MR) is 81.1 cm³/mol. The fourth-order valence-electron chi connectivity index (χ4n) is 2.52. The van der Waals surface area contributed by atoms with Crippen molar-refractivity contribution in [2.75, 3.05) is 7.05 Å². The van der Waals surface area contributed by atoms with Gasteiger partial charge >= 0.3 is 11.1 Å². The summed E-state index contributed by atoms with van der Waals surface area (Å²) in [4.78, 5) is 27.9. The molecule has 1 atom stereocenters. The summed E-state index contributed by atoms with van der Waals surface area (Å²) in [5.74, 6) is 0. The van der Waals surface area contributed by atoms with Crippen LogP contribution in [0.25, 0.3) is 11.0 Å². The smallest absolute Gasteiger partial charge is 0.314 e. The Morgan fingerprint density at radius 2 is 1.75 bits per heavy atom. The maximum Gasteiger partial charge on any atom is 0.314 e. The zero-order valence-electron chi connectivity index (χ0n) is 12.3. The second-order valence-electron chi connectivity index (χ2n) is 5.78. The molecule has 0 bridgehead atoms. The third-order valence-electron chi connectivity index (χ3n) is 4.06. The summed E-state index contributed by atoms with van der Waals surface area (Å²) >= 11 is 0. The van der Waals surface area contributed by atoms with Gasteiger partial charge in [-0.15, -0.1) is 0 Å². The van der Waals surface area contributed by atoms with E-state index in [0.717, 1.165) is 12.0 Å². The van der Waals surface area contributed by atoms with Crippen molar-refractivity contribution in [3.8, 4) is 0 Å². The van der Waals surface area contributed by atoms with Gasteiger partial charge in [0.25, 0.3) is 0 Å². The lowest BCUT2D eigenvalue weighted by Gasteiger charge is -2.33. The molecule has 0 radical (unpaired) electrons. The third kappa shape index (κ3) is 2.54. The maximum absolute atomic E-state index is 11.4. The number of benzene rings is 1. The predicted octanol–water partition coefficient (Wildman–Crippen LogP) is 1.91. The Labute approximate surface area is 117 Å². The van der Waals surface area contributed by atoms with Crippen molar-refractivity contribution < 1.29 is 0 Å². The number of aromatic nitrogens is 2. The normalized spacial score (nSPS) is 13.6. The van der Waals surface area contributed by atoms with Crippen LogP contribution in [0.15, 0.2) is 27.8 Å². The van der Waals surface area contributed by atoms with Crippen molar-refractivity contribution in [2.24, 2.45) is 5.41 Å². The monoisotopic (exact) mass is 275 g/mol. The number of hydrogen-bond acceptors (Lipinski definition) is 3. The Balaban J connectivity index is 2.58. The minimum absolute atomic E-state index is 0.0882. The quantitative estimate of drug-likeness (QED) is 0.746. The second-order valence-corrected chi connectivity index (χ2v) is 5.78. The molecular formula is C15H21N3O2. The minimum Gasteiger partial charge on any atom is -0.316 e. The van der Waals surface area contributed by atoms with Crippen LogP contribution < -0.4 is 16.4 Å². The molecule has 1 aromatic carbocycles. The van der Waals surface area contributed by atoms with E-state index < -0.39 is 11.1 Å². The average molecular weight is 275 g/mol. The molecule has 0 spiro atoms. The molecule has 2 aromatic rings. The molecule has 108 valence electrons. The third-order valence-corrected chi connectivity index (χ3v) is 4.06. The van der Waals surface area contributed by atoms with Gasteiger partial charge in [-0.25, -0.2) is 0 Å². The van der Waals surface area contributed by atoms with Crippen LogP contribution in [-0.4, -0.2) is 17.0 Å². The van der Waals surface area contributed by atoms with E-state index in [9.17, 15) is 9.59 Å². The van der Waals surface area contributed by atoms with Gasteiger partial charge in [0.05, 0.1) is 11.0 Å². The highest BCUT2D eigenvalue weighted by Crippen LogP contribution is 2.36. The Morgan fingerprint density at radius 3 is 2.30 bits per heavy atom. The zero-order chi connectivity index (χ0) is 14.9. The second kappa shape index (κ2) is 5.25. The van der Waals surface area contributed by atoms with Gasteiger partial charge in [0.2, 0.25) is 0 Å². The highest BCUT2D eigenvalue weighted by Gasteiger charge is 2.27. The first-order valence-corrected chi connectivity index (χ1v) is 6.82. The van der Waals surface area contributed by atoms with Gasteiger partial charge in [-0.05, 0) is 36.6 Å². The molecule has 0 saturated heterocycles. The largest absolute Gasteiger partial charge is 0.316 e. The van der Waals surface area contributed by atoms with Crippen LogP contribution >= 0.6 is 0 Å². The summed E-state index contributed by atoms with van der Waals surface area (Å²) in [6.45, 7) is 6.56. The molecular weight excluding hydrogens is 254 g/mol. The first kappa shape index (κ1) is 14.5. The average Bonchev–Trinajstić information content (AvgIpc) is 2.41. The Hall–Kier alpha value is -1.88. The summed E-state index contributed by atoms with van der Waals surface area (Å²) in [7, 11) is 1.93. The van der Waals surface area contributed by atoms with E-state index in [4.69, 9.17) is 0 Å². The number of fused-ring (bicyclic) bond motifs is 1. The van der Waals surface area contributed by atoms with Crippen molar-refractivity contribution in [3.63, 3.8) is 0 Å². The number of hydrogen-bond donors (Lipinski definition) is 3. The molecule has 0 saturated carbocycles. The SMILES string of the molecule is CCC(C)(C)C(NC)c1ccc2[nH]c(=O)c(=O)[nH]c2c1. The van der Waals surface area contributed by atoms with Crippen molar-refractivity contribution in [1.29, 1.82) is 0 Å². The van der Waals surface area contributed by atoms with Gasteiger partial charge in [-0.1, -0.05) is 26.8 Å². The van der Waals surface area contributed by atoms with E-state index in [1.807, 2.05) is 25.2 Å². The van der Waals surface area contributed by atoms with Gasteiger partial charge in [-0.2, -0.15) is 0 Å². The molecule has 1 heterocycles. The molecule has 0 amide bonds. The first-order valence-electron chi connectivity index (χ1n) is 6.82. The van der Waals surface area contributed by atoms with Crippen LogP contribution in [0, 0.1) is 5.41 Å². The lowest BCUT2D eigenvalue weighted by Crippen LogP contribution is -2.32. The molecule has 1 aromatic heterocycles. The Bertz CT molecular complexity index is 728. The molecule has 1 unspecified atom stereocenters. The van der Waals surface area contributed by atoms with Crippen LogP contribution in [0.5, 0.6) is 0 Å². The topological polar surface area (TPSA) is 77.8 Å². The summed E-state index contributed by atoms with van der Waals surface area (Å²) in [6, 6.07) is 5.91. The van der Waals surface area contributed by atoms with Gasteiger partial charge in [0.1, 0.15) is 0 Å². The Kier molecular flexibility index (Phi) is 3.81. The van der Waals surface area contributed by atoms with E-state index in [0.29, 0.717) is 11.0 Å². The van der Waals surface area contributed by atoms with E-state index in [2.05, 4.69) is 36.1 Å². The molecule has 3 N–H and O–H groups in total. The molecule has 20 heavy (non-hydrogen) atoms. The van der Waals surface area contributed by atoms with E-state index in [-0.39, 0.29) is 11.5 Å². The lowest BCUT2D eigenvalue weighted by atomic mass is 9.78. The maximum atomic E-state index is 11.4. The summed E-state index contributed by atoms with van der Waals surface area (Å²) < 4.78 is 0. The molecule has 0 aliphatic heterocycles. The van der Waals surface area contributed by atoms with Crippen LogP contribution in [0.4, 0.5) is 0 Å². The van der Waals surface area contributed by atoms with Crippen molar-refractivity contribution in [2.45, 2.75) is 33.2 Å². The number of rotatable bonds is 4. The van der Waals surface area contributed by atoms with Crippen molar-refractivity contribution >= 4 is 11.0 Å². The van der Waals surface area contributed by atoms with E-state index >= 15 is 0 Å².